The molecular weight excluding hydrogens is 311 g/mol. The van der Waals surface area contributed by atoms with E-state index in [1.54, 1.807) is 26.2 Å². The molecular formula is C18H19O4P. The SMILES string of the molecule is CCOP1(=O)OC(c2ccccc2)=C(C)c2cc(OC)ccc21. The van der Waals surface area contributed by atoms with E-state index in [-0.39, 0.29) is 0 Å². The van der Waals surface area contributed by atoms with E-state index in [9.17, 15) is 4.57 Å². The molecule has 3 rings (SSSR count). The lowest BCUT2D eigenvalue weighted by molar-refractivity contribution is 0.279. The molecule has 0 fully saturated rings. The van der Waals surface area contributed by atoms with Gasteiger partial charge in [-0.25, -0.2) is 4.57 Å². The number of methoxy groups -OCH3 is 1. The van der Waals surface area contributed by atoms with Crippen molar-refractivity contribution in [2.24, 2.45) is 0 Å². The van der Waals surface area contributed by atoms with Crippen molar-refractivity contribution in [1.29, 1.82) is 0 Å². The van der Waals surface area contributed by atoms with Crippen molar-refractivity contribution in [3.8, 4) is 5.75 Å². The summed E-state index contributed by atoms with van der Waals surface area (Å²) in [6.45, 7) is 4.07. The smallest absolute Gasteiger partial charge is 0.411 e. The molecule has 0 saturated carbocycles. The second-order valence-electron chi connectivity index (χ2n) is 5.21. The fourth-order valence-corrected chi connectivity index (χ4v) is 4.56. The normalized spacial score (nSPS) is 20.0. The first-order valence-corrected chi connectivity index (χ1v) is 9.02. The third kappa shape index (κ3) is 2.80. The van der Waals surface area contributed by atoms with Gasteiger partial charge in [-0.05, 0) is 32.0 Å². The van der Waals surface area contributed by atoms with Crippen molar-refractivity contribution < 1.29 is 18.3 Å². The Morgan fingerprint density at radius 1 is 1.13 bits per heavy atom. The van der Waals surface area contributed by atoms with Crippen LogP contribution in [0, 0.1) is 0 Å². The highest BCUT2D eigenvalue weighted by molar-refractivity contribution is 7.62. The summed E-state index contributed by atoms with van der Waals surface area (Å²) >= 11 is 0. The van der Waals surface area contributed by atoms with Crippen LogP contribution in [0.25, 0.3) is 11.3 Å². The van der Waals surface area contributed by atoms with Crippen molar-refractivity contribution in [2.75, 3.05) is 13.7 Å². The number of hydrogen-bond donors (Lipinski definition) is 0. The predicted molar refractivity (Wildman–Crippen MR) is 91.9 cm³/mol. The van der Waals surface area contributed by atoms with E-state index < -0.39 is 7.60 Å². The van der Waals surface area contributed by atoms with Gasteiger partial charge in [0.15, 0.2) is 0 Å². The van der Waals surface area contributed by atoms with E-state index in [0.717, 1.165) is 16.7 Å². The molecule has 0 saturated heterocycles. The Bertz CT molecular complexity index is 796. The molecule has 23 heavy (non-hydrogen) atoms. The Labute approximate surface area is 136 Å². The molecule has 0 spiro atoms. The minimum absolute atomic E-state index is 0.309. The molecule has 1 aliphatic rings. The number of fused-ring (bicyclic) bond motifs is 1. The molecule has 0 radical (unpaired) electrons. The number of hydrogen-bond acceptors (Lipinski definition) is 4. The first-order valence-electron chi connectivity index (χ1n) is 7.48. The van der Waals surface area contributed by atoms with Crippen molar-refractivity contribution >= 4 is 24.2 Å². The van der Waals surface area contributed by atoms with Crippen LogP contribution in [-0.4, -0.2) is 13.7 Å². The highest BCUT2D eigenvalue weighted by atomic mass is 31.2. The van der Waals surface area contributed by atoms with Gasteiger partial charge in [-0.3, -0.25) is 4.52 Å². The van der Waals surface area contributed by atoms with Crippen LogP contribution in [0.15, 0.2) is 48.5 Å². The summed E-state index contributed by atoms with van der Waals surface area (Å²) in [5, 5.41) is 0.581. The Kier molecular flexibility index (Phi) is 4.29. The molecule has 0 N–H and O–H groups in total. The number of rotatable bonds is 4. The second kappa shape index (κ2) is 6.23. The fraction of sp³-hybridized carbons (Fsp3) is 0.222. The third-order valence-electron chi connectivity index (χ3n) is 3.79. The highest BCUT2D eigenvalue weighted by Crippen LogP contribution is 2.56. The molecule has 0 aromatic heterocycles. The summed E-state index contributed by atoms with van der Waals surface area (Å²) in [4.78, 5) is 0. The molecule has 2 aromatic carbocycles. The molecule has 2 aromatic rings. The van der Waals surface area contributed by atoms with Gasteiger partial charge in [0.25, 0.3) is 0 Å². The minimum Gasteiger partial charge on any atom is -0.497 e. The van der Waals surface area contributed by atoms with E-state index in [2.05, 4.69) is 0 Å². The first kappa shape index (κ1) is 15.9. The quantitative estimate of drug-likeness (QED) is 0.776. The maximum absolute atomic E-state index is 13.3. The lowest BCUT2D eigenvalue weighted by Crippen LogP contribution is -2.19. The largest absolute Gasteiger partial charge is 0.497 e. The van der Waals surface area contributed by atoms with Gasteiger partial charge in [0.1, 0.15) is 11.5 Å². The van der Waals surface area contributed by atoms with Crippen LogP contribution in [0.1, 0.15) is 25.0 Å². The van der Waals surface area contributed by atoms with Gasteiger partial charge < -0.3 is 9.26 Å². The lowest BCUT2D eigenvalue weighted by Gasteiger charge is -2.29. The second-order valence-corrected chi connectivity index (χ2v) is 7.13. The van der Waals surface area contributed by atoms with Gasteiger partial charge in [-0.15, -0.1) is 0 Å². The van der Waals surface area contributed by atoms with Crippen LogP contribution in [0.2, 0.25) is 0 Å². The summed E-state index contributed by atoms with van der Waals surface area (Å²) in [6.07, 6.45) is 0. The predicted octanol–water partition coefficient (Wildman–Crippen LogP) is 4.47. The average Bonchev–Trinajstić information content (AvgIpc) is 2.59. The van der Waals surface area contributed by atoms with Crippen molar-refractivity contribution in [1.82, 2.24) is 0 Å². The van der Waals surface area contributed by atoms with E-state index in [1.807, 2.05) is 43.3 Å². The molecule has 0 aliphatic carbocycles. The molecule has 5 heteroatoms. The number of allylic oxidation sites excluding steroid dienone is 1. The van der Waals surface area contributed by atoms with Crippen LogP contribution in [-0.2, 0) is 13.6 Å². The zero-order valence-corrected chi connectivity index (χ0v) is 14.3. The highest BCUT2D eigenvalue weighted by Gasteiger charge is 2.38. The number of benzene rings is 2. The summed E-state index contributed by atoms with van der Waals surface area (Å²) < 4.78 is 30.0. The van der Waals surface area contributed by atoms with E-state index in [0.29, 0.717) is 23.4 Å². The summed E-state index contributed by atoms with van der Waals surface area (Å²) in [5.74, 6) is 1.29. The zero-order chi connectivity index (χ0) is 16.4. The summed E-state index contributed by atoms with van der Waals surface area (Å²) in [7, 11) is -1.79. The maximum atomic E-state index is 13.3. The Balaban J connectivity index is 2.23. The van der Waals surface area contributed by atoms with Crippen LogP contribution in [0.5, 0.6) is 5.75 Å². The van der Waals surface area contributed by atoms with Gasteiger partial charge in [-0.2, -0.15) is 0 Å². The van der Waals surface area contributed by atoms with Gasteiger partial charge in [0, 0.05) is 16.7 Å². The van der Waals surface area contributed by atoms with Crippen LogP contribution in [0.3, 0.4) is 0 Å². The third-order valence-corrected chi connectivity index (χ3v) is 5.79. The van der Waals surface area contributed by atoms with Gasteiger partial charge in [0.05, 0.1) is 19.0 Å². The van der Waals surface area contributed by atoms with Gasteiger partial charge >= 0.3 is 7.60 Å². The zero-order valence-electron chi connectivity index (χ0n) is 13.4. The van der Waals surface area contributed by atoms with E-state index in [1.165, 1.54) is 0 Å². The molecule has 1 unspecified atom stereocenters. The Morgan fingerprint density at radius 2 is 1.87 bits per heavy atom. The molecule has 4 nitrogen and oxygen atoms in total. The number of ether oxygens (including phenoxy) is 1. The molecule has 1 atom stereocenters. The van der Waals surface area contributed by atoms with E-state index >= 15 is 0 Å². The first-order chi connectivity index (χ1) is 11.1. The Hall–Kier alpha value is -2.03. The van der Waals surface area contributed by atoms with Crippen molar-refractivity contribution in [3.63, 3.8) is 0 Å². The van der Waals surface area contributed by atoms with E-state index in [4.69, 9.17) is 13.8 Å². The Morgan fingerprint density at radius 3 is 2.52 bits per heavy atom. The average molecular weight is 330 g/mol. The maximum Gasteiger partial charge on any atom is 0.411 e. The lowest BCUT2D eigenvalue weighted by atomic mass is 10.0. The molecule has 120 valence electrons. The summed E-state index contributed by atoms with van der Waals surface area (Å²) in [6, 6.07) is 15.0. The standard InChI is InChI=1S/C18H19O4P/c1-4-21-23(19)17-11-10-15(20-3)12-16(17)13(2)18(22-23)14-8-6-5-7-9-14/h5-12H,4H2,1-3H3. The van der Waals surface area contributed by atoms with Gasteiger partial charge in [-0.1, -0.05) is 30.3 Å². The van der Waals surface area contributed by atoms with Crippen LogP contribution < -0.4 is 10.0 Å². The molecule has 0 amide bonds. The van der Waals surface area contributed by atoms with Crippen molar-refractivity contribution in [2.45, 2.75) is 13.8 Å². The fourth-order valence-electron chi connectivity index (χ4n) is 2.67. The molecule has 1 aliphatic heterocycles. The molecule has 1 heterocycles. The van der Waals surface area contributed by atoms with Crippen LogP contribution >= 0.6 is 7.60 Å². The molecule has 0 bridgehead atoms. The summed E-state index contributed by atoms with van der Waals surface area (Å²) in [5.41, 5.74) is 2.63. The van der Waals surface area contributed by atoms with Crippen molar-refractivity contribution in [3.05, 3.63) is 59.7 Å². The monoisotopic (exact) mass is 330 g/mol. The van der Waals surface area contributed by atoms with Crippen LogP contribution in [0.4, 0.5) is 0 Å². The topological polar surface area (TPSA) is 44.8 Å². The van der Waals surface area contributed by atoms with Gasteiger partial charge in [0.2, 0.25) is 0 Å². The minimum atomic E-state index is -3.41.